The van der Waals surface area contributed by atoms with Gasteiger partial charge in [0.15, 0.2) is 0 Å². The molecule has 2 aromatic rings. The second-order valence-corrected chi connectivity index (χ2v) is 5.93. The van der Waals surface area contributed by atoms with E-state index < -0.39 is 10.0 Å². The molecular formula is C11H15N5O2S. The van der Waals surface area contributed by atoms with Gasteiger partial charge in [0, 0.05) is 0 Å². The van der Waals surface area contributed by atoms with E-state index in [0.717, 1.165) is 0 Å². The van der Waals surface area contributed by atoms with E-state index in [9.17, 15) is 8.42 Å². The van der Waals surface area contributed by atoms with Crippen LogP contribution in [0.5, 0.6) is 0 Å². The van der Waals surface area contributed by atoms with Crippen molar-refractivity contribution in [2.75, 3.05) is 12.8 Å². The van der Waals surface area contributed by atoms with Gasteiger partial charge in [-0.2, -0.15) is 5.10 Å². The van der Waals surface area contributed by atoms with Crippen molar-refractivity contribution >= 4 is 15.7 Å². The van der Waals surface area contributed by atoms with E-state index in [-0.39, 0.29) is 4.90 Å². The molecule has 0 atom stereocenters. The van der Waals surface area contributed by atoms with Crippen molar-refractivity contribution in [1.82, 2.24) is 19.5 Å². The maximum atomic E-state index is 11.7. The molecule has 0 spiro atoms. The minimum atomic E-state index is -3.50. The molecule has 0 saturated heterocycles. The number of aromatic nitrogens is 3. The summed E-state index contributed by atoms with van der Waals surface area (Å²) in [6, 6.07) is 4.49. The summed E-state index contributed by atoms with van der Waals surface area (Å²) in [5.41, 5.74) is 6.83. The lowest BCUT2D eigenvalue weighted by Gasteiger charge is -2.09. The normalized spacial score (nSPS) is 11.7. The van der Waals surface area contributed by atoms with E-state index in [0.29, 0.717) is 23.0 Å². The van der Waals surface area contributed by atoms with E-state index in [1.165, 1.54) is 19.2 Å². The molecule has 0 radical (unpaired) electrons. The third kappa shape index (κ3) is 2.45. The molecule has 102 valence electrons. The second-order valence-electron chi connectivity index (χ2n) is 4.05. The predicted molar refractivity (Wildman–Crippen MR) is 71.5 cm³/mol. The Bertz CT molecular complexity index is 721. The third-order valence-electron chi connectivity index (χ3n) is 2.68. The minimum absolute atomic E-state index is 0.116. The fraction of sp³-hybridized carbons (Fsp3) is 0.273. The summed E-state index contributed by atoms with van der Waals surface area (Å²) in [4.78, 5) is 4.30. The van der Waals surface area contributed by atoms with Gasteiger partial charge in [0.1, 0.15) is 11.6 Å². The van der Waals surface area contributed by atoms with Gasteiger partial charge in [-0.25, -0.2) is 22.8 Å². The second kappa shape index (κ2) is 4.63. The monoisotopic (exact) mass is 281 g/mol. The average molecular weight is 281 g/mol. The molecule has 0 aliphatic rings. The summed E-state index contributed by atoms with van der Waals surface area (Å²) in [6.07, 6.45) is 0. The highest BCUT2D eigenvalue weighted by Crippen LogP contribution is 2.21. The van der Waals surface area contributed by atoms with E-state index in [1.54, 1.807) is 24.6 Å². The molecule has 0 aliphatic carbocycles. The van der Waals surface area contributed by atoms with Gasteiger partial charge in [0.2, 0.25) is 10.0 Å². The molecule has 8 heteroatoms. The Hall–Kier alpha value is -1.93. The van der Waals surface area contributed by atoms with Crippen LogP contribution in [0.2, 0.25) is 0 Å². The van der Waals surface area contributed by atoms with Gasteiger partial charge < -0.3 is 5.73 Å². The minimum Gasteiger partial charge on any atom is -0.397 e. The third-order valence-corrected chi connectivity index (χ3v) is 4.09. The Labute approximate surface area is 111 Å². The van der Waals surface area contributed by atoms with Crippen LogP contribution in [0.25, 0.3) is 5.69 Å². The molecule has 0 aliphatic heterocycles. The summed E-state index contributed by atoms with van der Waals surface area (Å²) in [5.74, 6) is 1.32. The number of hydrogen-bond acceptors (Lipinski definition) is 5. The summed E-state index contributed by atoms with van der Waals surface area (Å²) >= 11 is 0. The number of rotatable bonds is 3. The summed E-state index contributed by atoms with van der Waals surface area (Å²) in [7, 11) is -2.15. The molecule has 7 nitrogen and oxygen atoms in total. The topological polar surface area (TPSA) is 103 Å². The first-order valence-electron chi connectivity index (χ1n) is 5.59. The van der Waals surface area contributed by atoms with Gasteiger partial charge in [-0.15, -0.1) is 0 Å². The van der Waals surface area contributed by atoms with Crippen molar-refractivity contribution in [2.45, 2.75) is 18.7 Å². The molecule has 0 amide bonds. The zero-order valence-electron chi connectivity index (χ0n) is 10.9. The molecular weight excluding hydrogens is 266 g/mol. The highest BCUT2D eigenvalue weighted by molar-refractivity contribution is 7.89. The lowest BCUT2D eigenvalue weighted by atomic mass is 10.2. The number of nitrogens with two attached hydrogens (primary N) is 1. The molecule has 1 aromatic heterocycles. The first-order valence-corrected chi connectivity index (χ1v) is 7.07. The van der Waals surface area contributed by atoms with E-state index >= 15 is 0 Å². The van der Waals surface area contributed by atoms with E-state index in [2.05, 4.69) is 14.8 Å². The molecule has 1 aromatic carbocycles. The quantitative estimate of drug-likeness (QED) is 0.791. The Kier molecular flexibility index (Phi) is 3.29. The Morgan fingerprint density at radius 3 is 2.47 bits per heavy atom. The van der Waals surface area contributed by atoms with Crippen LogP contribution in [0, 0.1) is 13.8 Å². The van der Waals surface area contributed by atoms with Crippen LogP contribution in [0.4, 0.5) is 5.69 Å². The number of benzene rings is 1. The predicted octanol–water partition coefficient (Wildman–Crippen LogP) is 0.374. The zero-order chi connectivity index (χ0) is 14.2. The fourth-order valence-corrected chi connectivity index (χ4v) is 2.52. The SMILES string of the molecule is CNS(=O)(=O)c1ccc(-n2nc(C)nc2C)c(N)c1. The average Bonchev–Trinajstić information content (AvgIpc) is 2.68. The smallest absolute Gasteiger partial charge is 0.240 e. The van der Waals surface area contributed by atoms with Gasteiger partial charge in [-0.05, 0) is 39.1 Å². The molecule has 1 heterocycles. The lowest BCUT2D eigenvalue weighted by Crippen LogP contribution is -2.19. The van der Waals surface area contributed by atoms with Crippen molar-refractivity contribution in [3.05, 3.63) is 29.8 Å². The summed E-state index contributed by atoms with van der Waals surface area (Å²) in [5, 5.41) is 4.21. The molecule has 19 heavy (non-hydrogen) atoms. The number of nitrogen functional groups attached to an aromatic ring is 1. The van der Waals surface area contributed by atoms with Crippen LogP contribution < -0.4 is 10.5 Å². The Morgan fingerprint density at radius 2 is 2.00 bits per heavy atom. The van der Waals surface area contributed by atoms with E-state index in [1.807, 2.05) is 0 Å². The van der Waals surface area contributed by atoms with Crippen LogP contribution in [-0.2, 0) is 10.0 Å². The van der Waals surface area contributed by atoms with Crippen molar-refractivity contribution in [2.24, 2.45) is 0 Å². The first-order chi connectivity index (χ1) is 8.85. The van der Waals surface area contributed by atoms with E-state index in [4.69, 9.17) is 5.73 Å². The number of nitrogens with one attached hydrogen (secondary N) is 1. The highest BCUT2D eigenvalue weighted by Gasteiger charge is 2.15. The van der Waals surface area contributed by atoms with Crippen molar-refractivity contribution < 1.29 is 8.42 Å². The number of aryl methyl sites for hydroxylation is 2. The number of nitrogens with zero attached hydrogens (tertiary/aromatic N) is 3. The van der Waals surface area contributed by atoms with Gasteiger partial charge in [-0.3, -0.25) is 0 Å². The van der Waals surface area contributed by atoms with Crippen molar-refractivity contribution in [1.29, 1.82) is 0 Å². The maximum Gasteiger partial charge on any atom is 0.240 e. The van der Waals surface area contributed by atoms with Crippen LogP contribution >= 0.6 is 0 Å². The van der Waals surface area contributed by atoms with Crippen molar-refractivity contribution in [3.63, 3.8) is 0 Å². The Morgan fingerprint density at radius 1 is 1.32 bits per heavy atom. The standard InChI is InChI=1S/C11H15N5O2S/c1-7-14-8(2)16(15-7)11-5-4-9(6-10(11)12)19(17,18)13-3/h4-6,13H,12H2,1-3H3. The van der Waals surface area contributed by atoms with Gasteiger partial charge in [-0.1, -0.05) is 0 Å². The number of hydrogen-bond donors (Lipinski definition) is 2. The van der Waals surface area contributed by atoms with Crippen LogP contribution in [-0.4, -0.2) is 30.2 Å². The summed E-state index contributed by atoms with van der Waals surface area (Å²) in [6.45, 7) is 3.58. The largest absolute Gasteiger partial charge is 0.397 e. The van der Waals surface area contributed by atoms with Gasteiger partial charge in [0.25, 0.3) is 0 Å². The molecule has 3 N–H and O–H groups in total. The molecule has 0 saturated carbocycles. The number of sulfonamides is 1. The maximum absolute atomic E-state index is 11.7. The first kappa shape index (κ1) is 13.5. The highest BCUT2D eigenvalue weighted by atomic mass is 32.2. The van der Waals surface area contributed by atoms with Crippen molar-refractivity contribution in [3.8, 4) is 5.69 Å². The zero-order valence-corrected chi connectivity index (χ0v) is 11.7. The molecule has 0 fully saturated rings. The fourth-order valence-electron chi connectivity index (χ4n) is 1.76. The number of anilines is 1. The van der Waals surface area contributed by atoms with Crippen LogP contribution in [0.1, 0.15) is 11.6 Å². The van der Waals surface area contributed by atoms with Crippen LogP contribution in [0.3, 0.4) is 0 Å². The van der Waals surface area contributed by atoms with Crippen LogP contribution in [0.15, 0.2) is 23.1 Å². The lowest BCUT2D eigenvalue weighted by molar-refractivity contribution is 0.588. The van der Waals surface area contributed by atoms with Gasteiger partial charge >= 0.3 is 0 Å². The Balaban J connectivity index is 2.55. The molecule has 0 unspecified atom stereocenters. The molecule has 0 bridgehead atoms. The van der Waals surface area contributed by atoms with Gasteiger partial charge in [0.05, 0.1) is 16.3 Å². The molecule has 2 rings (SSSR count). The summed E-state index contributed by atoms with van der Waals surface area (Å²) < 4.78 is 27.2.